The normalized spacial score (nSPS) is 27.8. The summed E-state index contributed by atoms with van der Waals surface area (Å²) in [5, 5.41) is 159. The summed E-state index contributed by atoms with van der Waals surface area (Å²) >= 11 is 0. The first-order valence-corrected chi connectivity index (χ1v) is 39.9. The Balaban J connectivity index is 1.20. The highest BCUT2D eigenvalue weighted by Crippen LogP contribution is 2.31. The summed E-state index contributed by atoms with van der Waals surface area (Å²) in [5.41, 5.74) is -1.41. The highest BCUT2D eigenvalue weighted by Gasteiger charge is 2.52. The van der Waals surface area contributed by atoms with Crippen molar-refractivity contribution in [1.82, 2.24) is 16.0 Å². The molecule has 42 heteroatoms. The van der Waals surface area contributed by atoms with Crippen LogP contribution in [0.5, 0.6) is 0 Å². The van der Waals surface area contributed by atoms with E-state index in [2.05, 4.69) is 46.6 Å². The zero-order chi connectivity index (χ0) is 85.3. The Morgan fingerprint density at radius 3 is 1.09 bits per heavy atom. The summed E-state index contributed by atoms with van der Waals surface area (Å²) < 4.78 is 112. The van der Waals surface area contributed by atoms with E-state index >= 15 is 0 Å². The summed E-state index contributed by atoms with van der Waals surface area (Å²) in [6.45, 7) is 1.85. The SMILES string of the molecule is CCCCCCC#CC#CCCC(=O)NC(COCCC(=O)CCCOCCOCCOCCO[C@H]1OC(CO)[C@@H](O)[C@H](O)C1O)(COCCC(=O)NCCOCCOCCOCCO[C@H]1OC(CO)[C@@H](O)[C@H](O)C1O)COCCC(=O)NCCOCCOCCOCCO[C@H]1OC(CO)[C@@H](O)[C@H](O)C1O[C@H]1OC(CO)[C@@H](O)[C@H](O)C1O. The molecule has 21 atom stereocenters. The molecule has 0 saturated carbocycles. The third-order valence-electron chi connectivity index (χ3n) is 18.2. The highest BCUT2D eigenvalue weighted by molar-refractivity contribution is 5.78. The van der Waals surface area contributed by atoms with Crippen molar-refractivity contribution in [3.63, 3.8) is 0 Å². The predicted octanol–water partition coefficient (Wildman–Crippen LogP) is -8.18. The lowest BCUT2D eigenvalue weighted by atomic mass is 9.97. The van der Waals surface area contributed by atoms with E-state index in [0.717, 1.165) is 25.7 Å². The Hall–Kier alpha value is -4.20. The van der Waals surface area contributed by atoms with Crippen LogP contribution in [0.3, 0.4) is 0 Å². The fourth-order valence-electron chi connectivity index (χ4n) is 11.5. The molecule has 4 saturated heterocycles. The lowest BCUT2D eigenvalue weighted by Crippen LogP contribution is -2.64. The Labute approximate surface area is 681 Å². The third kappa shape index (κ3) is 43.1. The van der Waals surface area contributed by atoms with Crippen LogP contribution in [0.25, 0.3) is 0 Å². The molecule has 117 heavy (non-hydrogen) atoms. The number of amides is 3. The van der Waals surface area contributed by atoms with Crippen molar-refractivity contribution in [2.24, 2.45) is 0 Å². The van der Waals surface area contributed by atoms with Gasteiger partial charge in [-0.2, -0.15) is 0 Å². The van der Waals surface area contributed by atoms with Gasteiger partial charge in [-0.1, -0.05) is 38.0 Å². The topological polar surface area (TPSA) is 592 Å². The zero-order valence-electron chi connectivity index (χ0n) is 66.9. The van der Waals surface area contributed by atoms with Crippen LogP contribution in [0.2, 0.25) is 0 Å². The summed E-state index contributed by atoms with van der Waals surface area (Å²) in [4.78, 5) is 52.8. The van der Waals surface area contributed by atoms with Gasteiger partial charge in [-0.15, -0.1) is 0 Å². The van der Waals surface area contributed by atoms with Gasteiger partial charge in [-0.25, -0.2) is 0 Å². The molecule has 0 bridgehead atoms. The first kappa shape index (κ1) is 105. The number of hydrogen-bond donors (Lipinski definition) is 18. The highest BCUT2D eigenvalue weighted by atomic mass is 16.8. The number of aliphatic hydroxyl groups is 15. The summed E-state index contributed by atoms with van der Waals surface area (Å²) in [6, 6.07) is 0. The number of rotatable bonds is 68. The maximum absolute atomic E-state index is 13.8. The van der Waals surface area contributed by atoms with Crippen LogP contribution in [-0.2, 0) is 114 Å². The second-order valence-corrected chi connectivity index (χ2v) is 27.5. The summed E-state index contributed by atoms with van der Waals surface area (Å²) in [5.74, 6) is 10.3. The van der Waals surface area contributed by atoms with E-state index in [4.69, 9.17) is 94.7 Å². The van der Waals surface area contributed by atoms with Crippen molar-refractivity contribution < 1.29 is 191 Å². The van der Waals surface area contributed by atoms with Crippen molar-refractivity contribution in [2.75, 3.05) is 218 Å². The average Bonchev–Trinajstić information content (AvgIpc) is 0.975. The molecule has 680 valence electrons. The monoisotopic (exact) mass is 1700 g/mol. The molecule has 4 heterocycles. The van der Waals surface area contributed by atoms with Gasteiger partial charge in [0, 0.05) is 64.6 Å². The van der Waals surface area contributed by atoms with E-state index in [-0.39, 0.29) is 248 Å². The van der Waals surface area contributed by atoms with Gasteiger partial charge in [-0.3, -0.25) is 19.2 Å². The van der Waals surface area contributed by atoms with Crippen LogP contribution < -0.4 is 16.0 Å². The Morgan fingerprint density at radius 1 is 0.325 bits per heavy atom. The molecule has 18 N–H and O–H groups in total. The van der Waals surface area contributed by atoms with Gasteiger partial charge in [0.15, 0.2) is 25.2 Å². The van der Waals surface area contributed by atoms with Crippen molar-refractivity contribution in [3.05, 3.63) is 0 Å². The predicted molar refractivity (Wildman–Crippen MR) is 400 cm³/mol. The molecule has 0 aromatic carbocycles. The Kier molecular flexibility index (Phi) is 58.0. The molecule has 42 nitrogen and oxygen atoms in total. The number of nitrogens with one attached hydrogen (secondary N) is 3. The molecule has 4 aliphatic rings. The molecule has 4 aliphatic heterocycles. The number of hydrogen-bond acceptors (Lipinski definition) is 39. The quantitative estimate of drug-likeness (QED) is 0.0199. The molecule has 0 aromatic rings. The maximum atomic E-state index is 13.8. The van der Waals surface area contributed by atoms with Crippen molar-refractivity contribution in [2.45, 2.75) is 212 Å². The van der Waals surface area contributed by atoms with E-state index in [1.54, 1.807) is 0 Å². The first-order chi connectivity index (χ1) is 56.6. The molecule has 9 unspecified atom stereocenters. The molecule has 4 fully saturated rings. The molecule has 0 spiro atoms. The summed E-state index contributed by atoms with van der Waals surface area (Å²) in [7, 11) is 0. The van der Waals surface area contributed by atoms with Gasteiger partial charge >= 0.3 is 0 Å². The smallest absolute Gasteiger partial charge is 0.222 e. The lowest BCUT2D eigenvalue weighted by Gasteiger charge is -2.45. The number of unbranched alkanes of at least 4 members (excludes halogenated alkanes) is 4. The van der Waals surface area contributed by atoms with Crippen molar-refractivity contribution in [1.29, 1.82) is 0 Å². The maximum Gasteiger partial charge on any atom is 0.222 e. The van der Waals surface area contributed by atoms with Gasteiger partial charge in [-0.05, 0) is 24.7 Å². The van der Waals surface area contributed by atoms with Gasteiger partial charge < -0.3 is 187 Å². The lowest BCUT2D eigenvalue weighted by molar-refractivity contribution is -0.367. The number of ketones is 1. The number of carbonyl (C=O) groups is 4. The van der Waals surface area contributed by atoms with Crippen molar-refractivity contribution in [3.8, 4) is 23.7 Å². The minimum absolute atomic E-state index is 0.0107. The molecule has 0 aromatic heterocycles. The first-order valence-electron chi connectivity index (χ1n) is 39.9. The van der Waals surface area contributed by atoms with Crippen LogP contribution >= 0.6 is 0 Å². The van der Waals surface area contributed by atoms with Crippen LogP contribution in [0.1, 0.15) is 84.0 Å². The number of Topliss-reactive ketones (excluding diaryl/α,β-unsaturated/α-hetero) is 1. The van der Waals surface area contributed by atoms with Gasteiger partial charge in [0.05, 0.1) is 198 Å². The minimum Gasteiger partial charge on any atom is -0.394 e. The minimum atomic E-state index is -1.83. The van der Waals surface area contributed by atoms with E-state index in [1.165, 1.54) is 0 Å². The molecule has 3 amide bonds. The van der Waals surface area contributed by atoms with E-state index in [9.17, 15) is 95.8 Å². The average molecular weight is 1700 g/mol. The molecular weight excluding hydrogens is 1570 g/mol. The summed E-state index contributed by atoms with van der Waals surface area (Å²) in [6.07, 6.45) is -24.3. The fraction of sp³-hybridized carbons (Fsp3) is 0.893. The standard InChI is InChI=1S/C75H131N3O39/c1-2-3-4-5-6-7-8-9-10-11-14-58(86)78-75(48-107-21-15-51(83)13-12-20-98-26-29-101-32-35-104-38-41-110-71-67(95)63(91)59(87)52(44-79)113-71,49-108-22-16-56(84)76-18-24-99-27-30-102-33-36-105-39-42-111-72-68(96)64(92)60(88)53(45-80)114-72)50-109-23-17-57(85)77-19-25-100-28-31-103-34-37-106-40-43-112-74-70(66(94)62(90)55(47-82)116-74)117-73-69(97)65(93)61(89)54(46-81)115-73/h52-55,59-74,79-82,87-97H,2-6,11-50H2,1H3,(H,76,84)(H,77,85)(H,78,86)/t52?,53?,54?,55?,59-,60-,61-,62-,63+,64+,65+,66+,67?,68?,69?,70?,71+,72+,73-,74+,75?/m1/s1. The van der Waals surface area contributed by atoms with Gasteiger partial charge in [0.1, 0.15) is 109 Å². The number of carbonyl (C=O) groups excluding carboxylic acids is 4. The second-order valence-electron chi connectivity index (χ2n) is 27.5. The third-order valence-corrected chi connectivity index (χ3v) is 18.2. The van der Waals surface area contributed by atoms with Crippen LogP contribution in [-0.4, -0.2) is 446 Å². The zero-order valence-corrected chi connectivity index (χ0v) is 66.9. The van der Waals surface area contributed by atoms with E-state index in [1.807, 2.05) is 0 Å². The van der Waals surface area contributed by atoms with Crippen LogP contribution in [0.4, 0.5) is 0 Å². The number of aliphatic hydroxyl groups excluding tert-OH is 15. The Bertz CT molecular complexity index is 2620. The molecule has 0 aliphatic carbocycles. The van der Waals surface area contributed by atoms with Gasteiger partial charge in [0.25, 0.3) is 0 Å². The van der Waals surface area contributed by atoms with Gasteiger partial charge in [0.2, 0.25) is 17.7 Å². The number of ether oxygens (including phenoxy) is 20. The Morgan fingerprint density at radius 2 is 0.675 bits per heavy atom. The fourth-order valence-corrected chi connectivity index (χ4v) is 11.5. The van der Waals surface area contributed by atoms with E-state index in [0.29, 0.717) is 12.8 Å². The van der Waals surface area contributed by atoms with Crippen molar-refractivity contribution >= 4 is 23.5 Å². The van der Waals surface area contributed by atoms with Crippen LogP contribution in [0, 0.1) is 23.7 Å². The van der Waals surface area contributed by atoms with Crippen LogP contribution in [0.15, 0.2) is 0 Å². The van der Waals surface area contributed by atoms with E-state index < -0.39 is 161 Å². The largest absolute Gasteiger partial charge is 0.394 e. The molecule has 0 radical (unpaired) electrons. The molecular formula is C75H131N3O39. The molecule has 4 rings (SSSR count). The second kappa shape index (κ2) is 64.6.